The Morgan fingerprint density at radius 2 is 1.76 bits per heavy atom. The van der Waals surface area contributed by atoms with E-state index in [-0.39, 0.29) is 0 Å². The summed E-state index contributed by atoms with van der Waals surface area (Å²) in [6, 6.07) is 16.7. The Balaban J connectivity index is 1.56. The summed E-state index contributed by atoms with van der Waals surface area (Å²) >= 11 is 1.53. The van der Waals surface area contributed by atoms with Crippen molar-refractivity contribution in [3.05, 3.63) is 65.2 Å². The van der Waals surface area contributed by atoms with E-state index in [0.29, 0.717) is 11.1 Å². The number of hydrogen-bond donors (Lipinski definition) is 2. The van der Waals surface area contributed by atoms with Crippen LogP contribution in [-0.4, -0.2) is 34.2 Å². The molecule has 152 valence electrons. The number of aromatic nitrogens is 3. The number of nitrogen functional groups attached to an aromatic ring is 1. The topological polar surface area (TPSA) is 84.4 Å². The van der Waals surface area contributed by atoms with Gasteiger partial charge in [0.2, 0.25) is 5.16 Å². The van der Waals surface area contributed by atoms with Crippen molar-refractivity contribution in [2.45, 2.75) is 31.7 Å². The molecule has 0 radical (unpaired) electrons. The second-order valence-corrected chi connectivity index (χ2v) is 7.53. The molecule has 7 nitrogen and oxygen atoms in total. The van der Waals surface area contributed by atoms with E-state index in [0.717, 1.165) is 24.4 Å². The summed E-state index contributed by atoms with van der Waals surface area (Å²) in [5.41, 5.74) is 7.51. The van der Waals surface area contributed by atoms with Crippen molar-refractivity contribution in [3.63, 3.8) is 0 Å². The fourth-order valence-corrected chi connectivity index (χ4v) is 3.62. The molecule has 8 heteroatoms. The first-order valence-electron chi connectivity index (χ1n) is 9.63. The van der Waals surface area contributed by atoms with Crippen LogP contribution in [0.15, 0.2) is 58.8 Å². The Bertz CT molecular complexity index is 929. The van der Waals surface area contributed by atoms with E-state index < -0.39 is 0 Å². The van der Waals surface area contributed by atoms with Crippen LogP contribution < -0.4 is 16.2 Å². The molecule has 1 heterocycles. The second kappa shape index (κ2) is 9.97. The number of hydrazone groups is 1. The average Bonchev–Trinajstić information content (AvgIpc) is 3.09. The van der Waals surface area contributed by atoms with E-state index in [1.165, 1.54) is 33.3 Å². The zero-order valence-corrected chi connectivity index (χ0v) is 17.9. The number of rotatable bonds is 9. The van der Waals surface area contributed by atoms with E-state index >= 15 is 0 Å². The first kappa shape index (κ1) is 20.7. The smallest absolute Gasteiger partial charge is 0.264 e. The molecule has 0 spiro atoms. The Kier molecular flexibility index (Phi) is 7.13. The molecule has 0 fully saturated rings. The Morgan fingerprint density at radius 1 is 1.07 bits per heavy atom. The molecule has 3 rings (SSSR count). The minimum Gasteiger partial charge on any atom is -0.372 e. The third-order valence-electron chi connectivity index (χ3n) is 4.55. The molecule has 3 N–H and O–H groups in total. The molecule has 29 heavy (non-hydrogen) atoms. The normalized spacial score (nSPS) is 11.1. The molecule has 0 aliphatic rings. The van der Waals surface area contributed by atoms with Crippen LogP contribution in [0.3, 0.4) is 0 Å². The lowest BCUT2D eigenvalue weighted by Crippen LogP contribution is -2.21. The molecule has 0 aliphatic heterocycles. The fraction of sp³-hybridized carbons (Fsp3) is 0.286. The molecule has 0 saturated carbocycles. The molecule has 0 atom stereocenters. The Morgan fingerprint density at radius 3 is 2.41 bits per heavy atom. The first-order chi connectivity index (χ1) is 14.1. The van der Waals surface area contributed by atoms with Crippen LogP contribution in [-0.2, 0) is 5.75 Å². The highest BCUT2D eigenvalue weighted by atomic mass is 32.2. The van der Waals surface area contributed by atoms with Crippen LogP contribution in [0.5, 0.6) is 0 Å². The van der Waals surface area contributed by atoms with Crippen molar-refractivity contribution in [1.82, 2.24) is 14.9 Å². The van der Waals surface area contributed by atoms with Crippen molar-refractivity contribution in [3.8, 4) is 0 Å². The maximum absolute atomic E-state index is 6.08. The number of nitrogens with one attached hydrogen (secondary N) is 1. The van der Waals surface area contributed by atoms with Gasteiger partial charge in [0.15, 0.2) is 0 Å². The molecule has 2 aromatic carbocycles. The maximum atomic E-state index is 6.08. The molecular formula is C21H27N7S. The van der Waals surface area contributed by atoms with Crippen LogP contribution in [0.1, 0.15) is 30.5 Å². The van der Waals surface area contributed by atoms with Crippen LogP contribution in [0.25, 0.3) is 0 Å². The summed E-state index contributed by atoms with van der Waals surface area (Å²) in [6.45, 7) is 8.35. The van der Waals surface area contributed by atoms with Gasteiger partial charge in [-0.1, -0.05) is 53.7 Å². The number of nitrogens with two attached hydrogens (primary N) is 1. The highest BCUT2D eigenvalue weighted by Gasteiger charge is 2.09. The van der Waals surface area contributed by atoms with Crippen molar-refractivity contribution in [2.24, 2.45) is 5.10 Å². The monoisotopic (exact) mass is 409 g/mol. The SMILES string of the molecule is CCN(CC)c1ccc(/C=N/Nc2nnc(SCc3ccc(C)cc3)n2N)cc1. The fourth-order valence-electron chi connectivity index (χ4n) is 2.81. The minimum absolute atomic E-state index is 0.396. The molecule has 0 bridgehead atoms. The van der Waals surface area contributed by atoms with Gasteiger partial charge in [-0.3, -0.25) is 0 Å². The van der Waals surface area contributed by atoms with Gasteiger partial charge in [-0.25, -0.2) is 10.1 Å². The van der Waals surface area contributed by atoms with Crippen molar-refractivity contribution in [1.29, 1.82) is 0 Å². The van der Waals surface area contributed by atoms with Gasteiger partial charge in [0.1, 0.15) is 0 Å². The van der Waals surface area contributed by atoms with Crippen molar-refractivity contribution < 1.29 is 0 Å². The summed E-state index contributed by atoms with van der Waals surface area (Å²) in [5.74, 6) is 7.26. The van der Waals surface area contributed by atoms with Gasteiger partial charge in [0.25, 0.3) is 5.95 Å². The van der Waals surface area contributed by atoms with E-state index in [4.69, 9.17) is 5.84 Å². The van der Waals surface area contributed by atoms with Gasteiger partial charge in [-0.05, 0) is 44.0 Å². The lowest BCUT2D eigenvalue weighted by atomic mass is 10.2. The van der Waals surface area contributed by atoms with E-state index in [1.54, 1.807) is 6.21 Å². The average molecular weight is 410 g/mol. The number of benzene rings is 2. The molecular weight excluding hydrogens is 382 g/mol. The molecule has 3 aromatic rings. The van der Waals surface area contributed by atoms with Gasteiger partial charge >= 0.3 is 0 Å². The van der Waals surface area contributed by atoms with Gasteiger partial charge < -0.3 is 10.7 Å². The zero-order chi connectivity index (χ0) is 20.6. The molecule has 1 aromatic heterocycles. The predicted molar refractivity (Wildman–Crippen MR) is 122 cm³/mol. The highest BCUT2D eigenvalue weighted by molar-refractivity contribution is 7.98. The largest absolute Gasteiger partial charge is 0.372 e. The van der Waals surface area contributed by atoms with Gasteiger partial charge in [-0.15, -0.1) is 10.2 Å². The quantitative estimate of drug-likeness (QED) is 0.241. The summed E-state index contributed by atoms with van der Waals surface area (Å²) in [4.78, 5) is 2.30. The van der Waals surface area contributed by atoms with Gasteiger partial charge in [0.05, 0.1) is 6.21 Å². The van der Waals surface area contributed by atoms with Crippen LogP contribution in [0.4, 0.5) is 11.6 Å². The third-order valence-corrected chi connectivity index (χ3v) is 5.57. The summed E-state index contributed by atoms with van der Waals surface area (Å²) in [5, 5.41) is 13.1. The summed E-state index contributed by atoms with van der Waals surface area (Å²) in [6.07, 6.45) is 1.74. The van der Waals surface area contributed by atoms with E-state index in [1.807, 2.05) is 12.1 Å². The van der Waals surface area contributed by atoms with Crippen LogP contribution in [0.2, 0.25) is 0 Å². The first-order valence-corrected chi connectivity index (χ1v) is 10.6. The third kappa shape index (κ3) is 5.51. The molecule has 0 amide bonds. The minimum atomic E-state index is 0.396. The molecule has 0 unspecified atom stereocenters. The number of thioether (sulfide) groups is 1. The molecule has 0 saturated heterocycles. The Hall–Kier alpha value is -3.00. The van der Waals surface area contributed by atoms with E-state index in [2.05, 4.69) is 82.8 Å². The van der Waals surface area contributed by atoms with Gasteiger partial charge in [0, 0.05) is 24.5 Å². The highest BCUT2D eigenvalue weighted by Crippen LogP contribution is 2.22. The number of nitrogens with zero attached hydrogens (tertiary/aromatic N) is 5. The lowest BCUT2D eigenvalue weighted by molar-refractivity contribution is 0.847. The second-order valence-electron chi connectivity index (χ2n) is 6.58. The van der Waals surface area contributed by atoms with Crippen molar-refractivity contribution >= 4 is 29.6 Å². The van der Waals surface area contributed by atoms with Crippen LogP contribution in [0, 0.1) is 6.92 Å². The standard InChI is InChI=1S/C21H27N7S/c1-4-27(5-2)19-12-10-17(11-13-19)14-23-24-20-25-26-21(28(20)22)29-15-18-8-6-16(3)7-9-18/h6-14H,4-5,15,22H2,1-3H3,(H,24,25)/b23-14+. The maximum Gasteiger partial charge on any atom is 0.264 e. The molecule has 0 aliphatic carbocycles. The summed E-state index contributed by atoms with van der Waals surface area (Å²) in [7, 11) is 0. The Labute approximate surface area is 176 Å². The zero-order valence-electron chi connectivity index (χ0n) is 17.0. The number of hydrogen-bond acceptors (Lipinski definition) is 7. The van der Waals surface area contributed by atoms with Crippen molar-refractivity contribution in [2.75, 3.05) is 29.3 Å². The van der Waals surface area contributed by atoms with Crippen LogP contribution >= 0.6 is 11.8 Å². The van der Waals surface area contributed by atoms with Gasteiger partial charge in [-0.2, -0.15) is 5.10 Å². The summed E-state index contributed by atoms with van der Waals surface area (Å²) < 4.78 is 1.42. The number of anilines is 2. The number of aryl methyl sites for hydroxylation is 1. The predicted octanol–water partition coefficient (Wildman–Crippen LogP) is 3.88. The van der Waals surface area contributed by atoms with E-state index in [9.17, 15) is 0 Å². The lowest BCUT2D eigenvalue weighted by Gasteiger charge is -2.20.